The number of unbranched alkanes of at least 4 members (excludes halogenated alkanes) is 1. The molecule has 3 rings (SSSR count). The van der Waals surface area contributed by atoms with Gasteiger partial charge < -0.3 is 20.9 Å². The number of halogens is 3. The van der Waals surface area contributed by atoms with Crippen LogP contribution in [0.4, 0.5) is 24.9 Å². The van der Waals surface area contributed by atoms with Gasteiger partial charge in [0.2, 0.25) is 5.95 Å². The van der Waals surface area contributed by atoms with E-state index in [2.05, 4.69) is 16.9 Å². The number of rotatable bonds is 8. The van der Waals surface area contributed by atoms with E-state index in [1.807, 2.05) is 19.9 Å². The average molecular weight is 461 g/mol. The minimum atomic E-state index is -4.42. The second-order valence-corrected chi connectivity index (χ2v) is 7.90. The second-order valence-electron chi connectivity index (χ2n) is 7.90. The maximum atomic E-state index is 13.0. The summed E-state index contributed by atoms with van der Waals surface area (Å²) in [6.07, 6.45) is -1.24. The standard InChI is InChI=1S/C24H27F3N4O2/c1-4-5-10-32-19-11-17(14(2)3)20(33-21-13-30-23(29)31-22(21)28)12-18(19)15-6-8-16(9-7-15)24(25,26)27/h6-9,11-14H,4-5,10H2,1-3H3,(H4,28,29,30,31). The number of benzene rings is 2. The Labute approximate surface area is 190 Å². The maximum absolute atomic E-state index is 13.0. The molecule has 0 unspecified atom stereocenters. The highest BCUT2D eigenvalue weighted by Gasteiger charge is 2.30. The summed E-state index contributed by atoms with van der Waals surface area (Å²) < 4.78 is 51.2. The normalized spacial score (nSPS) is 11.6. The van der Waals surface area contributed by atoms with Gasteiger partial charge in [-0.2, -0.15) is 18.2 Å². The largest absolute Gasteiger partial charge is 0.493 e. The van der Waals surface area contributed by atoms with Crippen molar-refractivity contribution >= 4 is 11.8 Å². The number of nitrogens with zero attached hydrogens (tertiary/aromatic N) is 2. The molecule has 0 fully saturated rings. The number of hydrogen-bond donors (Lipinski definition) is 2. The Balaban J connectivity index is 2.11. The van der Waals surface area contributed by atoms with Crippen molar-refractivity contribution in [1.82, 2.24) is 9.97 Å². The molecule has 176 valence electrons. The Bertz CT molecular complexity index is 1100. The molecule has 1 heterocycles. The van der Waals surface area contributed by atoms with Crippen LogP contribution in [0.1, 0.15) is 50.7 Å². The summed E-state index contributed by atoms with van der Waals surface area (Å²) in [4.78, 5) is 7.84. The number of aromatic nitrogens is 2. The molecule has 0 atom stereocenters. The Morgan fingerprint density at radius 3 is 2.27 bits per heavy atom. The second kappa shape index (κ2) is 9.97. The Kier molecular flexibility index (Phi) is 7.30. The van der Waals surface area contributed by atoms with Gasteiger partial charge in [0.1, 0.15) is 11.5 Å². The quantitative estimate of drug-likeness (QED) is 0.377. The molecule has 9 heteroatoms. The summed E-state index contributed by atoms with van der Waals surface area (Å²) in [6.45, 7) is 6.54. The van der Waals surface area contributed by atoms with E-state index >= 15 is 0 Å². The van der Waals surface area contributed by atoms with E-state index in [4.69, 9.17) is 20.9 Å². The van der Waals surface area contributed by atoms with Crippen LogP contribution < -0.4 is 20.9 Å². The first-order chi connectivity index (χ1) is 15.6. The molecule has 33 heavy (non-hydrogen) atoms. The third kappa shape index (κ3) is 5.85. The SMILES string of the molecule is CCCCOc1cc(C(C)C)c(Oc2cnc(N)nc2N)cc1-c1ccc(C(F)(F)F)cc1. The Morgan fingerprint density at radius 2 is 1.70 bits per heavy atom. The van der Waals surface area contributed by atoms with Gasteiger partial charge in [-0.1, -0.05) is 39.3 Å². The number of alkyl halides is 3. The first kappa shape index (κ1) is 24.2. The number of hydrogen-bond acceptors (Lipinski definition) is 6. The zero-order valence-electron chi connectivity index (χ0n) is 18.7. The van der Waals surface area contributed by atoms with Gasteiger partial charge >= 0.3 is 6.18 Å². The van der Waals surface area contributed by atoms with Crippen LogP contribution in [0.15, 0.2) is 42.6 Å². The molecule has 0 bridgehead atoms. The number of nitrogens with two attached hydrogens (primary N) is 2. The van der Waals surface area contributed by atoms with E-state index in [-0.39, 0.29) is 23.4 Å². The van der Waals surface area contributed by atoms with Gasteiger partial charge in [0.05, 0.1) is 18.4 Å². The highest BCUT2D eigenvalue weighted by Crippen LogP contribution is 2.42. The lowest BCUT2D eigenvalue weighted by Crippen LogP contribution is -2.05. The van der Waals surface area contributed by atoms with Crippen molar-refractivity contribution in [2.75, 3.05) is 18.1 Å². The van der Waals surface area contributed by atoms with E-state index in [0.29, 0.717) is 29.2 Å². The number of nitrogen functional groups attached to an aromatic ring is 2. The molecule has 0 spiro atoms. The minimum Gasteiger partial charge on any atom is -0.493 e. The first-order valence-corrected chi connectivity index (χ1v) is 10.6. The van der Waals surface area contributed by atoms with Crippen molar-refractivity contribution in [3.63, 3.8) is 0 Å². The monoisotopic (exact) mass is 460 g/mol. The maximum Gasteiger partial charge on any atom is 0.416 e. The topological polar surface area (TPSA) is 96.3 Å². The highest BCUT2D eigenvalue weighted by molar-refractivity contribution is 5.74. The van der Waals surface area contributed by atoms with Crippen molar-refractivity contribution < 1.29 is 22.6 Å². The summed E-state index contributed by atoms with van der Waals surface area (Å²) >= 11 is 0. The van der Waals surface area contributed by atoms with Crippen molar-refractivity contribution in [1.29, 1.82) is 0 Å². The molecule has 0 radical (unpaired) electrons. The molecule has 4 N–H and O–H groups in total. The molecule has 0 aliphatic carbocycles. The Morgan fingerprint density at radius 1 is 1.00 bits per heavy atom. The first-order valence-electron chi connectivity index (χ1n) is 10.6. The molecule has 0 aliphatic rings. The van der Waals surface area contributed by atoms with Crippen LogP contribution in [-0.2, 0) is 6.18 Å². The van der Waals surface area contributed by atoms with Gasteiger partial charge in [-0.3, -0.25) is 0 Å². The van der Waals surface area contributed by atoms with Crippen molar-refractivity contribution in [2.45, 2.75) is 45.7 Å². The van der Waals surface area contributed by atoms with Crippen LogP contribution in [-0.4, -0.2) is 16.6 Å². The molecule has 1 aromatic heterocycles. The molecule has 0 aliphatic heterocycles. The lowest BCUT2D eigenvalue weighted by Gasteiger charge is -2.20. The van der Waals surface area contributed by atoms with Gasteiger partial charge in [-0.25, -0.2) is 4.98 Å². The van der Waals surface area contributed by atoms with Crippen molar-refractivity contribution in [3.05, 3.63) is 53.7 Å². The fourth-order valence-electron chi connectivity index (χ4n) is 3.22. The lowest BCUT2D eigenvalue weighted by molar-refractivity contribution is -0.137. The van der Waals surface area contributed by atoms with Crippen LogP contribution in [0.2, 0.25) is 0 Å². The highest BCUT2D eigenvalue weighted by atomic mass is 19.4. The van der Waals surface area contributed by atoms with E-state index in [1.54, 1.807) is 6.07 Å². The van der Waals surface area contributed by atoms with Gasteiger partial charge in [-0.15, -0.1) is 0 Å². The Hall–Kier alpha value is -3.49. The van der Waals surface area contributed by atoms with Crippen LogP contribution in [0.3, 0.4) is 0 Å². The van der Waals surface area contributed by atoms with Crippen molar-refractivity contribution in [2.24, 2.45) is 0 Å². The third-order valence-corrected chi connectivity index (χ3v) is 5.03. The molecule has 0 amide bonds. The van der Waals surface area contributed by atoms with E-state index in [1.165, 1.54) is 18.3 Å². The van der Waals surface area contributed by atoms with Gasteiger partial charge in [0.25, 0.3) is 0 Å². The molecule has 6 nitrogen and oxygen atoms in total. The molecule has 3 aromatic rings. The zero-order chi connectivity index (χ0) is 24.2. The summed E-state index contributed by atoms with van der Waals surface area (Å²) in [5.74, 6) is 1.43. The smallest absolute Gasteiger partial charge is 0.416 e. The predicted octanol–water partition coefficient (Wildman–Crippen LogP) is 6.42. The van der Waals surface area contributed by atoms with Crippen LogP contribution in [0, 0.1) is 0 Å². The summed E-state index contributed by atoms with van der Waals surface area (Å²) in [7, 11) is 0. The van der Waals surface area contributed by atoms with E-state index < -0.39 is 11.7 Å². The van der Waals surface area contributed by atoms with E-state index in [0.717, 1.165) is 30.5 Å². The third-order valence-electron chi connectivity index (χ3n) is 5.03. The number of ether oxygens (including phenoxy) is 2. The fourth-order valence-corrected chi connectivity index (χ4v) is 3.22. The molecular formula is C24H27F3N4O2. The predicted molar refractivity (Wildman–Crippen MR) is 122 cm³/mol. The molecule has 2 aromatic carbocycles. The van der Waals surface area contributed by atoms with Gasteiger partial charge in [0.15, 0.2) is 11.6 Å². The van der Waals surface area contributed by atoms with E-state index in [9.17, 15) is 13.2 Å². The van der Waals surface area contributed by atoms with Gasteiger partial charge in [-0.05, 0) is 42.2 Å². The summed E-state index contributed by atoms with van der Waals surface area (Å²) in [5.41, 5.74) is 12.8. The fraction of sp³-hybridized carbons (Fsp3) is 0.333. The number of anilines is 2. The summed E-state index contributed by atoms with van der Waals surface area (Å²) in [6, 6.07) is 8.54. The lowest BCUT2D eigenvalue weighted by atomic mass is 9.95. The average Bonchev–Trinajstić information content (AvgIpc) is 2.75. The van der Waals surface area contributed by atoms with Crippen LogP contribution >= 0.6 is 0 Å². The molecule has 0 saturated heterocycles. The zero-order valence-corrected chi connectivity index (χ0v) is 18.7. The minimum absolute atomic E-state index is 0.0223. The van der Waals surface area contributed by atoms with Crippen molar-refractivity contribution in [3.8, 4) is 28.4 Å². The van der Waals surface area contributed by atoms with Crippen LogP contribution in [0.25, 0.3) is 11.1 Å². The van der Waals surface area contributed by atoms with Crippen LogP contribution in [0.5, 0.6) is 17.2 Å². The van der Waals surface area contributed by atoms with Gasteiger partial charge in [0, 0.05) is 11.1 Å². The molecular weight excluding hydrogens is 433 g/mol. The summed E-state index contributed by atoms with van der Waals surface area (Å²) in [5, 5.41) is 0. The molecule has 0 saturated carbocycles.